The first kappa shape index (κ1) is 15.1. The molecule has 0 saturated heterocycles. The summed E-state index contributed by atoms with van der Waals surface area (Å²) in [5.74, 6) is -0.414. The van der Waals surface area contributed by atoms with Crippen molar-refractivity contribution in [3.8, 4) is 0 Å². The van der Waals surface area contributed by atoms with E-state index in [0.717, 1.165) is 15.6 Å². The van der Waals surface area contributed by atoms with Crippen molar-refractivity contribution in [1.82, 2.24) is 9.62 Å². The second-order valence-electron chi connectivity index (χ2n) is 4.01. The maximum absolute atomic E-state index is 12.0. The highest BCUT2D eigenvalue weighted by atomic mass is 32.2. The normalized spacial score (nSPS) is 13.6. The summed E-state index contributed by atoms with van der Waals surface area (Å²) in [5.41, 5.74) is 5.41. The summed E-state index contributed by atoms with van der Waals surface area (Å²) in [4.78, 5) is 12.1. The Morgan fingerprint density at radius 1 is 1.56 bits per heavy atom. The van der Waals surface area contributed by atoms with Crippen LogP contribution in [-0.2, 0) is 10.0 Å². The third-order valence-corrected chi connectivity index (χ3v) is 5.22. The highest BCUT2D eigenvalue weighted by Gasteiger charge is 2.26. The maximum Gasteiger partial charge on any atom is 0.263 e. The van der Waals surface area contributed by atoms with Crippen LogP contribution in [0.25, 0.3) is 0 Å². The van der Waals surface area contributed by atoms with E-state index in [9.17, 15) is 13.2 Å². The number of amides is 1. The number of carbonyl (C=O) groups is 1. The molecule has 1 amide bonds. The number of hydrogen-bond acceptors (Lipinski definition) is 5. The lowest BCUT2D eigenvalue weighted by molar-refractivity contribution is 0.0942. The van der Waals surface area contributed by atoms with Gasteiger partial charge in [0, 0.05) is 26.7 Å². The first-order valence-corrected chi connectivity index (χ1v) is 7.63. The quantitative estimate of drug-likeness (QED) is 0.803. The van der Waals surface area contributed by atoms with Crippen molar-refractivity contribution in [2.24, 2.45) is 5.73 Å². The lowest BCUT2D eigenvalue weighted by Crippen LogP contribution is -2.38. The summed E-state index contributed by atoms with van der Waals surface area (Å²) in [7, 11) is -0.745. The fraction of sp³-hybridized carbons (Fsp3) is 0.500. The number of rotatable bonds is 5. The standard InChI is InChI=1S/C10H17N3O3S2/c1-7(6-11)12-10(14)9-8(4-5-17-9)18(15,16)13(2)3/h4-5,7H,6,11H2,1-3H3,(H,12,14)/t7-/m0/s1. The lowest BCUT2D eigenvalue weighted by atomic mass is 10.3. The molecular weight excluding hydrogens is 274 g/mol. The molecule has 0 bridgehead atoms. The monoisotopic (exact) mass is 291 g/mol. The van der Waals surface area contributed by atoms with Crippen molar-refractivity contribution in [2.45, 2.75) is 17.9 Å². The van der Waals surface area contributed by atoms with Crippen molar-refractivity contribution in [3.63, 3.8) is 0 Å². The zero-order valence-corrected chi connectivity index (χ0v) is 12.1. The Kier molecular flexibility index (Phi) is 4.85. The molecule has 6 nitrogen and oxygen atoms in total. The second kappa shape index (κ2) is 5.79. The van der Waals surface area contributed by atoms with Gasteiger partial charge in [-0.15, -0.1) is 11.3 Å². The molecule has 1 aromatic rings. The van der Waals surface area contributed by atoms with E-state index in [-0.39, 0.29) is 15.8 Å². The van der Waals surface area contributed by atoms with Crippen LogP contribution < -0.4 is 11.1 Å². The average Bonchev–Trinajstić information content (AvgIpc) is 2.77. The second-order valence-corrected chi connectivity index (χ2v) is 7.05. The lowest BCUT2D eigenvalue weighted by Gasteiger charge is -2.14. The zero-order chi connectivity index (χ0) is 13.9. The van der Waals surface area contributed by atoms with Crippen LogP contribution >= 0.6 is 11.3 Å². The van der Waals surface area contributed by atoms with Gasteiger partial charge in [-0.25, -0.2) is 12.7 Å². The van der Waals surface area contributed by atoms with E-state index < -0.39 is 15.9 Å². The molecule has 0 aromatic carbocycles. The van der Waals surface area contributed by atoms with Gasteiger partial charge in [0.25, 0.3) is 5.91 Å². The predicted molar refractivity (Wildman–Crippen MR) is 71.2 cm³/mol. The minimum Gasteiger partial charge on any atom is -0.348 e. The predicted octanol–water partition coefficient (Wildman–Crippen LogP) is 0.0754. The van der Waals surface area contributed by atoms with Crippen molar-refractivity contribution >= 4 is 27.3 Å². The van der Waals surface area contributed by atoms with E-state index in [1.807, 2.05) is 0 Å². The van der Waals surface area contributed by atoms with Crippen LogP contribution in [0, 0.1) is 0 Å². The van der Waals surface area contributed by atoms with Crippen molar-refractivity contribution < 1.29 is 13.2 Å². The topological polar surface area (TPSA) is 92.5 Å². The van der Waals surface area contributed by atoms with Gasteiger partial charge in [0.2, 0.25) is 10.0 Å². The molecule has 0 spiro atoms. The van der Waals surface area contributed by atoms with Gasteiger partial charge in [-0.3, -0.25) is 4.79 Å². The molecule has 1 atom stereocenters. The highest BCUT2D eigenvalue weighted by molar-refractivity contribution is 7.89. The molecule has 0 aliphatic rings. The number of thiophene rings is 1. The summed E-state index contributed by atoms with van der Waals surface area (Å²) < 4.78 is 25.1. The molecule has 0 radical (unpaired) electrons. The largest absolute Gasteiger partial charge is 0.348 e. The molecule has 0 fully saturated rings. The SMILES string of the molecule is C[C@@H](CN)NC(=O)c1sccc1S(=O)(=O)N(C)C. The molecule has 1 heterocycles. The molecule has 0 aliphatic heterocycles. The van der Waals surface area contributed by atoms with Crippen molar-refractivity contribution in [3.05, 3.63) is 16.3 Å². The Hall–Kier alpha value is -0.960. The Labute approximate surface area is 111 Å². The van der Waals surface area contributed by atoms with Gasteiger partial charge >= 0.3 is 0 Å². The molecule has 0 saturated carbocycles. The van der Waals surface area contributed by atoms with Crippen LogP contribution in [0.3, 0.4) is 0 Å². The van der Waals surface area contributed by atoms with E-state index in [1.165, 1.54) is 20.2 Å². The maximum atomic E-state index is 12.0. The molecule has 1 rings (SSSR count). The third-order valence-electron chi connectivity index (χ3n) is 2.32. The minimum atomic E-state index is -3.60. The third kappa shape index (κ3) is 3.08. The van der Waals surface area contributed by atoms with Crippen LogP contribution in [0.4, 0.5) is 0 Å². The summed E-state index contributed by atoms with van der Waals surface area (Å²) >= 11 is 1.10. The van der Waals surface area contributed by atoms with E-state index >= 15 is 0 Å². The summed E-state index contributed by atoms with van der Waals surface area (Å²) in [6.45, 7) is 2.05. The van der Waals surface area contributed by atoms with Gasteiger partial charge in [0.05, 0.1) is 0 Å². The van der Waals surface area contributed by atoms with Gasteiger partial charge in [0.1, 0.15) is 9.77 Å². The van der Waals surface area contributed by atoms with Crippen LogP contribution in [-0.4, -0.2) is 45.3 Å². The molecule has 3 N–H and O–H groups in total. The van der Waals surface area contributed by atoms with Crippen molar-refractivity contribution in [2.75, 3.05) is 20.6 Å². The summed E-state index contributed by atoms with van der Waals surface area (Å²) in [6.07, 6.45) is 0. The molecule has 0 unspecified atom stereocenters. The Morgan fingerprint density at radius 2 is 2.17 bits per heavy atom. The van der Waals surface area contributed by atoms with Gasteiger partial charge in [-0.2, -0.15) is 0 Å². The number of hydrogen-bond donors (Lipinski definition) is 2. The molecular formula is C10H17N3O3S2. The molecule has 8 heteroatoms. The van der Waals surface area contributed by atoms with Crippen LogP contribution in [0.15, 0.2) is 16.3 Å². The first-order chi connectivity index (χ1) is 8.30. The average molecular weight is 291 g/mol. The molecule has 0 aliphatic carbocycles. The van der Waals surface area contributed by atoms with Crippen LogP contribution in [0.2, 0.25) is 0 Å². The molecule has 102 valence electrons. The fourth-order valence-corrected chi connectivity index (χ4v) is 3.41. The van der Waals surface area contributed by atoms with E-state index in [1.54, 1.807) is 12.3 Å². The van der Waals surface area contributed by atoms with E-state index in [0.29, 0.717) is 6.54 Å². The van der Waals surface area contributed by atoms with E-state index in [2.05, 4.69) is 5.32 Å². The first-order valence-electron chi connectivity index (χ1n) is 5.31. The van der Waals surface area contributed by atoms with Crippen molar-refractivity contribution in [1.29, 1.82) is 0 Å². The van der Waals surface area contributed by atoms with Gasteiger partial charge in [-0.05, 0) is 18.4 Å². The van der Waals surface area contributed by atoms with Gasteiger partial charge in [-0.1, -0.05) is 0 Å². The number of nitrogens with one attached hydrogen (secondary N) is 1. The Bertz CT molecular complexity index is 522. The van der Waals surface area contributed by atoms with Gasteiger partial charge in [0.15, 0.2) is 0 Å². The summed E-state index contributed by atoms with van der Waals surface area (Å²) in [5, 5.41) is 4.23. The Balaban J connectivity index is 3.07. The number of nitrogens with two attached hydrogens (primary N) is 1. The number of carbonyl (C=O) groups excluding carboxylic acids is 1. The number of sulfonamides is 1. The van der Waals surface area contributed by atoms with Gasteiger partial charge < -0.3 is 11.1 Å². The van der Waals surface area contributed by atoms with Crippen LogP contribution in [0.5, 0.6) is 0 Å². The summed E-state index contributed by atoms with van der Waals surface area (Å²) in [6, 6.07) is 1.23. The van der Waals surface area contributed by atoms with E-state index in [4.69, 9.17) is 5.73 Å². The fourth-order valence-electron chi connectivity index (χ4n) is 1.21. The highest BCUT2D eigenvalue weighted by Crippen LogP contribution is 2.24. The zero-order valence-electron chi connectivity index (χ0n) is 10.5. The minimum absolute atomic E-state index is 0.0271. The number of nitrogens with zero attached hydrogens (tertiary/aromatic N) is 1. The molecule has 18 heavy (non-hydrogen) atoms. The molecule has 1 aromatic heterocycles. The Morgan fingerprint density at radius 3 is 2.67 bits per heavy atom. The smallest absolute Gasteiger partial charge is 0.263 e. The van der Waals surface area contributed by atoms with Crippen LogP contribution in [0.1, 0.15) is 16.6 Å².